The molecule has 1 aliphatic heterocycles. The normalized spacial score (nSPS) is 24.2. The first-order chi connectivity index (χ1) is 8.33. The number of benzene rings is 1. The second kappa shape index (κ2) is 4.55. The molecule has 1 atom stereocenters. The first-order valence-corrected chi connectivity index (χ1v) is 7.97. The van der Waals surface area contributed by atoms with Gasteiger partial charge in [-0.15, -0.1) is 0 Å². The molecule has 1 aliphatic rings. The zero-order chi connectivity index (χ0) is 13.4. The van der Waals surface area contributed by atoms with Gasteiger partial charge in [0.1, 0.15) is 0 Å². The van der Waals surface area contributed by atoms with Gasteiger partial charge in [0.2, 0.25) is 10.0 Å². The molecular weight excluding hydrogens is 248 g/mol. The summed E-state index contributed by atoms with van der Waals surface area (Å²) in [4.78, 5) is 0. The van der Waals surface area contributed by atoms with Gasteiger partial charge in [-0.25, -0.2) is 8.42 Å². The highest BCUT2D eigenvalue weighted by Crippen LogP contribution is 2.31. The Hall–Kier alpha value is -1.07. The van der Waals surface area contributed by atoms with Gasteiger partial charge in [0.05, 0.1) is 11.9 Å². The molecule has 5 heteroatoms. The van der Waals surface area contributed by atoms with Crippen LogP contribution in [0.5, 0.6) is 0 Å². The third kappa shape index (κ3) is 2.52. The maximum Gasteiger partial charge on any atom is 0.231 e. The highest BCUT2D eigenvalue weighted by atomic mass is 32.2. The van der Waals surface area contributed by atoms with E-state index in [1.165, 1.54) is 22.5 Å². The van der Waals surface area contributed by atoms with E-state index in [4.69, 9.17) is 0 Å². The van der Waals surface area contributed by atoms with Gasteiger partial charge in [-0.2, -0.15) is 0 Å². The molecule has 1 fully saturated rings. The molecule has 18 heavy (non-hydrogen) atoms. The number of hydrogen-bond acceptors (Lipinski definition) is 3. The number of nitrogens with zero attached hydrogens (tertiary/aromatic N) is 1. The maximum absolute atomic E-state index is 11.4. The largest absolute Gasteiger partial charge is 0.308 e. The molecule has 4 nitrogen and oxygen atoms in total. The quantitative estimate of drug-likeness (QED) is 0.907. The van der Waals surface area contributed by atoms with Gasteiger partial charge in [0.15, 0.2) is 0 Å². The van der Waals surface area contributed by atoms with E-state index in [9.17, 15) is 8.42 Å². The van der Waals surface area contributed by atoms with Crippen LogP contribution in [0.2, 0.25) is 0 Å². The zero-order valence-electron chi connectivity index (χ0n) is 11.1. The maximum atomic E-state index is 11.4. The van der Waals surface area contributed by atoms with Crippen LogP contribution in [0, 0.1) is 0 Å². The van der Waals surface area contributed by atoms with Crippen LogP contribution in [-0.4, -0.2) is 28.3 Å². The average Bonchev–Trinajstić information content (AvgIpc) is 2.75. The van der Waals surface area contributed by atoms with Crippen molar-refractivity contribution in [3.63, 3.8) is 0 Å². The van der Waals surface area contributed by atoms with Crippen LogP contribution in [0.4, 0.5) is 5.69 Å². The minimum absolute atomic E-state index is 0.0300. The molecule has 100 valence electrons. The molecule has 1 aromatic rings. The Balaban J connectivity index is 2.25. The van der Waals surface area contributed by atoms with Crippen LogP contribution < -0.4 is 9.62 Å². The Morgan fingerprint density at radius 1 is 1.28 bits per heavy atom. The summed E-state index contributed by atoms with van der Waals surface area (Å²) in [6.07, 6.45) is 3.51. The molecule has 2 rings (SSSR count). The van der Waals surface area contributed by atoms with Crippen LogP contribution in [0.1, 0.15) is 25.3 Å². The zero-order valence-corrected chi connectivity index (χ0v) is 11.9. The third-order valence-electron chi connectivity index (χ3n) is 3.73. The molecule has 0 amide bonds. The van der Waals surface area contributed by atoms with Crippen LogP contribution in [0.3, 0.4) is 0 Å². The molecule has 1 aromatic carbocycles. The number of rotatable bonds is 3. The lowest BCUT2D eigenvalue weighted by atomic mass is 9.90. The number of hydrogen-bond donors (Lipinski definition) is 1. The van der Waals surface area contributed by atoms with Gasteiger partial charge >= 0.3 is 0 Å². The summed E-state index contributed by atoms with van der Waals surface area (Å²) in [7, 11) is -1.62. The molecule has 1 saturated heterocycles. The minimum Gasteiger partial charge on any atom is -0.308 e. The van der Waals surface area contributed by atoms with Gasteiger partial charge in [0.25, 0.3) is 0 Å². The predicted molar refractivity (Wildman–Crippen MR) is 74.3 cm³/mol. The summed E-state index contributed by atoms with van der Waals surface area (Å²) in [5.41, 5.74) is 1.94. The van der Waals surface area contributed by atoms with Gasteiger partial charge < -0.3 is 5.32 Å². The van der Waals surface area contributed by atoms with Crippen molar-refractivity contribution < 1.29 is 8.42 Å². The fraction of sp³-hybridized carbons (Fsp3) is 0.538. The van der Waals surface area contributed by atoms with Crippen molar-refractivity contribution in [2.75, 3.05) is 24.2 Å². The van der Waals surface area contributed by atoms with E-state index in [0.29, 0.717) is 5.69 Å². The monoisotopic (exact) mass is 268 g/mol. The molecule has 0 aromatic heterocycles. The Morgan fingerprint density at radius 3 is 2.33 bits per heavy atom. The molecule has 1 heterocycles. The van der Waals surface area contributed by atoms with E-state index < -0.39 is 10.0 Å². The Kier molecular flexibility index (Phi) is 3.38. The third-order valence-corrected chi connectivity index (χ3v) is 4.94. The van der Waals surface area contributed by atoms with Crippen LogP contribution >= 0.6 is 0 Å². The lowest BCUT2D eigenvalue weighted by Crippen LogP contribution is -2.33. The van der Waals surface area contributed by atoms with Gasteiger partial charge in [-0.05, 0) is 44.0 Å². The number of anilines is 1. The summed E-state index contributed by atoms with van der Waals surface area (Å²) < 4.78 is 24.2. The van der Waals surface area contributed by atoms with Crippen molar-refractivity contribution in [1.82, 2.24) is 5.32 Å². The average molecular weight is 268 g/mol. The van der Waals surface area contributed by atoms with Crippen LogP contribution in [-0.2, 0) is 15.6 Å². The molecule has 1 unspecified atom stereocenters. The summed E-state index contributed by atoms with van der Waals surface area (Å²) in [5.74, 6) is 0. The second-order valence-corrected chi connectivity index (χ2v) is 7.15. The van der Waals surface area contributed by atoms with Crippen molar-refractivity contribution in [2.45, 2.75) is 25.3 Å². The van der Waals surface area contributed by atoms with Crippen molar-refractivity contribution in [2.24, 2.45) is 0 Å². The van der Waals surface area contributed by atoms with Crippen molar-refractivity contribution in [1.29, 1.82) is 0 Å². The lowest BCUT2D eigenvalue weighted by Gasteiger charge is -2.26. The highest BCUT2D eigenvalue weighted by molar-refractivity contribution is 7.92. The lowest BCUT2D eigenvalue weighted by molar-refractivity contribution is 0.435. The Bertz CT molecular complexity index is 516. The molecule has 1 N–H and O–H groups in total. The molecular formula is C13H20N2O2S. The summed E-state index contributed by atoms with van der Waals surface area (Å²) >= 11 is 0. The number of sulfonamides is 1. The summed E-state index contributed by atoms with van der Waals surface area (Å²) in [6.45, 7) is 3.23. The number of nitrogens with one attached hydrogen (secondary N) is 1. The van der Waals surface area contributed by atoms with Gasteiger partial charge in [-0.3, -0.25) is 4.31 Å². The first kappa shape index (κ1) is 13.4. The predicted octanol–water partition coefficient (Wildman–Crippen LogP) is 1.68. The fourth-order valence-electron chi connectivity index (χ4n) is 2.37. The van der Waals surface area contributed by atoms with E-state index in [2.05, 4.69) is 12.2 Å². The molecule has 0 bridgehead atoms. The van der Waals surface area contributed by atoms with Crippen molar-refractivity contribution in [3.05, 3.63) is 29.8 Å². The smallest absolute Gasteiger partial charge is 0.231 e. The Labute approximate surface area is 109 Å². The summed E-state index contributed by atoms with van der Waals surface area (Å²) in [5, 5.41) is 3.50. The standard InChI is InChI=1S/C13H20N2O2S/c1-13(9-4-10-14-13)11-5-7-12(8-6-11)15(2)18(3,16)17/h5-8,14H,4,9-10H2,1-3H3. The highest BCUT2D eigenvalue weighted by Gasteiger charge is 2.29. The van der Waals surface area contributed by atoms with Crippen molar-refractivity contribution in [3.8, 4) is 0 Å². The van der Waals surface area contributed by atoms with Gasteiger partial charge in [-0.1, -0.05) is 12.1 Å². The fourth-order valence-corrected chi connectivity index (χ4v) is 2.88. The molecule has 0 spiro atoms. The molecule has 0 saturated carbocycles. The van der Waals surface area contributed by atoms with E-state index >= 15 is 0 Å². The second-order valence-electron chi connectivity index (χ2n) is 5.14. The summed E-state index contributed by atoms with van der Waals surface area (Å²) in [6, 6.07) is 7.74. The minimum atomic E-state index is -3.19. The van der Waals surface area contributed by atoms with E-state index in [1.807, 2.05) is 24.3 Å². The topological polar surface area (TPSA) is 49.4 Å². The Morgan fingerprint density at radius 2 is 1.89 bits per heavy atom. The van der Waals surface area contributed by atoms with E-state index in [1.54, 1.807) is 7.05 Å². The van der Waals surface area contributed by atoms with Crippen molar-refractivity contribution >= 4 is 15.7 Å². The van der Waals surface area contributed by atoms with Gasteiger partial charge in [0, 0.05) is 12.6 Å². The SMILES string of the molecule is CN(c1ccc(C2(C)CCCN2)cc1)S(C)(=O)=O. The molecule has 0 aliphatic carbocycles. The van der Waals surface area contributed by atoms with E-state index in [-0.39, 0.29) is 5.54 Å². The molecule has 0 radical (unpaired) electrons. The van der Waals surface area contributed by atoms with E-state index in [0.717, 1.165) is 13.0 Å². The first-order valence-electron chi connectivity index (χ1n) is 6.12. The van der Waals surface area contributed by atoms with Crippen LogP contribution in [0.25, 0.3) is 0 Å². The van der Waals surface area contributed by atoms with Crippen LogP contribution in [0.15, 0.2) is 24.3 Å².